The van der Waals surface area contributed by atoms with Crippen LogP contribution in [0.5, 0.6) is 11.5 Å². The topological polar surface area (TPSA) is 58.6 Å². The first-order chi connectivity index (χ1) is 8.55. The molecule has 0 aliphatic rings. The second-order valence-corrected chi connectivity index (χ2v) is 5.66. The summed E-state index contributed by atoms with van der Waals surface area (Å²) in [7, 11) is -2.69. The van der Waals surface area contributed by atoms with Gasteiger partial charge in [0.1, 0.15) is 11.5 Å². The largest absolute Gasteiger partial charge is 0.736 e. The van der Waals surface area contributed by atoms with Crippen LogP contribution in [-0.2, 0) is 4.57 Å². The summed E-state index contributed by atoms with van der Waals surface area (Å²) in [6, 6.07) is 14.9. The minimum Gasteiger partial charge on any atom is -0.736 e. The molecule has 0 aliphatic carbocycles. The average molecular weight is 282 g/mol. The van der Waals surface area contributed by atoms with E-state index in [9.17, 15) is 9.46 Å². The van der Waals surface area contributed by atoms with Crippen LogP contribution in [0.2, 0.25) is 0 Å². The lowest BCUT2D eigenvalue weighted by atomic mass is 10.3. The van der Waals surface area contributed by atoms with Gasteiger partial charge < -0.3 is 13.9 Å². The number of phosphoric acid groups is 1. The van der Waals surface area contributed by atoms with Crippen LogP contribution in [0.3, 0.4) is 0 Å². The molecule has 18 heavy (non-hydrogen) atoms. The quantitative estimate of drug-likeness (QED) is 0.803. The van der Waals surface area contributed by atoms with Gasteiger partial charge in [-0.15, -0.1) is 0 Å². The highest BCUT2D eigenvalue weighted by Crippen LogP contribution is 2.40. The number of phosphoric ester groups is 1. The Bertz CT molecular complexity index is 554. The predicted molar refractivity (Wildman–Crippen MR) is 72.5 cm³/mol. The molecule has 0 aromatic heterocycles. The summed E-state index contributed by atoms with van der Waals surface area (Å²) in [6.45, 7) is 0. The molecule has 2 unspecified atom stereocenters. The maximum Gasteiger partial charge on any atom is 0.372 e. The molecule has 2 rings (SSSR count). The third kappa shape index (κ3) is 3.85. The van der Waals surface area contributed by atoms with Crippen molar-refractivity contribution in [2.24, 2.45) is 0 Å². The summed E-state index contributed by atoms with van der Waals surface area (Å²) in [5.41, 5.74) is 0. The van der Waals surface area contributed by atoms with Crippen molar-refractivity contribution in [1.82, 2.24) is 0 Å². The lowest BCUT2D eigenvalue weighted by Gasteiger charge is -2.23. The molecule has 2 aromatic rings. The van der Waals surface area contributed by atoms with Crippen molar-refractivity contribution >= 4 is 22.4 Å². The first-order valence-electron chi connectivity index (χ1n) is 5.22. The molecule has 0 saturated heterocycles. The van der Waals surface area contributed by atoms with Gasteiger partial charge in [0.05, 0.1) is 5.30 Å². The smallest absolute Gasteiger partial charge is 0.372 e. The van der Waals surface area contributed by atoms with Gasteiger partial charge in [0.15, 0.2) is 0 Å². The van der Waals surface area contributed by atoms with Crippen LogP contribution in [0.4, 0.5) is 0 Å². The van der Waals surface area contributed by atoms with Crippen LogP contribution in [0.1, 0.15) is 0 Å². The van der Waals surface area contributed by atoms with Crippen molar-refractivity contribution in [3.8, 4) is 11.5 Å². The molecule has 2 atom stereocenters. The molecular weight excluding hydrogens is 270 g/mol. The molecule has 0 amide bonds. The van der Waals surface area contributed by atoms with Gasteiger partial charge in [0, 0.05) is 9.24 Å². The van der Waals surface area contributed by atoms with Crippen LogP contribution in [0.25, 0.3) is 0 Å². The van der Waals surface area contributed by atoms with Crippen molar-refractivity contribution < 1.29 is 18.5 Å². The van der Waals surface area contributed by atoms with Gasteiger partial charge in [-0.05, 0) is 36.4 Å². The van der Waals surface area contributed by atoms with Crippen molar-refractivity contribution in [2.45, 2.75) is 0 Å². The van der Waals surface area contributed by atoms with Crippen molar-refractivity contribution in [1.29, 1.82) is 0 Å². The SMILES string of the molecule is O=P([O-])(Oc1ccccc1)Oc1ccc([PH3+])cc1. The minimum absolute atomic E-state index is 0.226. The van der Waals surface area contributed by atoms with E-state index in [0.717, 1.165) is 5.30 Å². The van der Waals surface area contributed by atoms with Crippen LogP contribution >= 0.6 is 17.1 Å². The second-order valence-electron chi connectivity index (χ2n) is 3.59. The zero-order chi connectivity index (χ0) is 13.0. The van der Waals surface area contributed by atoms with E-state index in [0.29, 0.717) is 0 Å². The molecule has 0 saturated carbocycles. The Kier molecular flexibility index (Phi) is 4.03. The first kappa shape index (κ1) is 13.1. The molecule has 2 aromatic carbocycles. The number of para-hydroxylation sites is 1. The minimum atomic E-state index is -4.40. The first-order valence-corrected chi connectivity index (χ1v) is 7.39. The number of rotatable bonds is 4. The van der Waals surface area contributed by atoms with Crippen LogP contribution in [-0.4, -0.2) is 0 Å². The summed E-state index contributed by atoms with van der Waals surface area (Å²) < 4.78 is 21.3. The van der Waals surface area contributed by atoms with Gasteiger partial charge in [-0.3, -0.25) is 0 Å². The Morgan fingerprint density at radius 3 is 1.94 bits per heavy atom. The van der Waals surface area contributed by atoms with Gasteiger partial charge >= 0.3 is 7.82 Å². The highest BCUT2D eigenvalue weighted by Gasteiger charge is 2.12. The number of benzene rings is 2. The molecular formula is C12H12O4P2. The fraction of sp³-hybridized carbons (Fsp3) is 0. The molecule has 0 aliphatic heterocycles. The van der Waals surface area contributed by atoms with Gasteiger partial charge in [-0.1, -0.05) is 18.2 Å². The number of hydrogen-bond donors (Lipinski definition) is 0. The van der Waals surface area contributed by atoms with Crippen molar-refractivity contribution in [3.05, 3.63) is 54.6 Å². The van der Waals surface area contributed by atoms with E-state index in [2.05, 4.69) is 0 Å². The number of hydrogen-bond acceptors (Lipinski definition) is 4. The highest BCUT2D eigenvalue weighted by molar-refractivity contribution is 7.46. The Hall–Kier alpha value is -1.34. The molecule has 94 valence electrons. The van der Waals surface area contributed by atoms with Crippen molar-refractivity contribution in [2.75, 3.05) is 0 Å². The summed E-state index contributed by atoms with van der Waals surface area (Å²) >= 11 is 0. The van der Waals surface area contributed by atoms with E-state index in [1.165, 1.54) is 0 Å². The van der Waals surface area contributed by atoms with E-state index in [4.69, 9.17) is 9.05 Å². The molecule has 4 nitrogen and oxygen atoms in total. The maximum atomic E-state index is 11.6. The Labute approximate surface area is 107 Å². The van der Waals surface area contributed by atoms with E-state index < -0.39 is 7.82 Å². The molecule has 6 heteroatoms. The van der Waals surface area contributed by atoms with E-state index in [-0.39, 0.29) is 11.5 Å². The van der Waals surface area contributed by atoms with E-state index in [1.54, 1.807) is 63.8 Å². The van der Waals surface area contributed by atoms with E-state index >= 15 is 0 Å². The van der Waals surface area contributed by atoms with E-state index in [1.807, 2.05) is 0 Å². The molecule has 0 N–H and O–H groups in total. The van der Waals surface area contributed by atoms with Crippen LogP contribution in [0.15, 0.2) is 54.6 Å². The monoisotopic (exact) mass is 282 g/mol. The summed E-state index contributed by atoms with van der Waals surface area (Å²) in [6.07, 6.45) is 0. The molecule has 0 heterocycles. The standard InChI is InChI=1S/C12H12O4P2/c13-18(14,15-10-4-2-1-3-5-10)16-11-6-8-12(17)9-7-11/h1-9H,17H2,(H,13,14). The summed E-state index contributed by atoms with van der Waals surface area (Å²) in [5.74, 6) is 0.462. The zero-order valence-electron chi connectivity index (χ0n) is 9.48. The van der Waals surface area contributed by atoms with Gasteiger partial charge in [-0.25, -0.2) is 4.57 Å². The molecule has 0 spiro atoms. The lowest BCUT2D eigenvalue weighted by Crippen LogP contribution is -2.13. The highest BCUT2D eigenvalue weighted by atomic mass is 31.2. The lowest BCUT2D eigenvalue weighted by molar-refractivity contribution is -0.208. The third-order valence-corrected chi connectivity index (χ3v) is 3.44. The molecule has 0 fully saturated rings. The Balaban J connectivity index is 2.08. The molecule has 0 bridgehead atoms. The van der Waals surface area contributed by atoms with Gasteiger partial charge in [0.25, 0.3) is 0 Å². The normalized spacial score (nSPS) is 13.8. The fourth-order valence-electron chi connectivity index (χ4n) is 1.31. The average Bonchev–Trinajstić information content (AvgIpc) is 2.32. The zero-order valence-corrected chi connectivity index (χ0v) is 11.8. The second kappa shape index (κ2) is 5.53. The Morgan fingerprint density at radius 2 is 1.39 bits per heavy atom. The van der Waals surface area contributed by atoms with Crippen LogP contribution < -0.4 is 19.2 Å². The molecule has 0 radical (unpaired) electrons. The predicted octanol–water partition coefficient (Wildman–Crippen LogP) is 1.85. The van der Waals surface area contributed by atoms with Gasteiger partial charge in [0.2, 0.25) is 0 Å². The van der Waals surface area contributed by atoms with Gasteiger partial charge in [-0.2, -0.15) is 0 Å². The third-order valence-electron chi connectivity index (χ3n) is 2.10. The van der Waals surface area contributed by atoms with Crippen LogP contribution in [0, 0.1) is 0 Å². The summed E-state index contributed by atoms with van der Waals surface area (Å²) in [4.78, 5) is 11.6. The van der Waals surface area contributed by atoms with Crippen molar-refractivity contribution in [3.63, 3.8) is 0 Å². The Morgan fingerprint density at radius 1 is 0.889 bits per heavy atom. The summed E-state index contributed by atoms with van der Waals surface area (Å²) in [5, 5.41) is 1.05. The maximum absolute atomic E-state index is 11.6. The fourth-order valence-corrected chi connectivity index (χ4v) is 2.34.